The van der Waals surface area contributed by atoms with Crippen LogP contribution in [0.3, 0.4) is 0 Å². The monoisotopic (exact) mass is 377 g/mol. The summed E-state index contributed by atoms with van der Waals surface area (Å²) in [6.45, 7) is 3.46. The number of aromatic nitrogens is 2. The molecule has 2 aliphatic carbocycles. The molecule has 0 N–H and O–H groups in total. The molecule has 1 aromatic heterocycles. The van der Waals surface area contributed by atoms with Crippen molar-refractivity contribution in [2.75, 3.05) is 13.1 Å². The zero-order valence-corrected chi connectivity index (χ0v) is 16.5. The molecule has 146 valence electrons. The molecule has 28 heavy (non-hydrogen) atoms. The number of hydrogen-bond acceptors (Lipinski definition) is 3. The van der Waals surface area contributed by atoms with Gasteiger partial charge in [-0.2, -0.15) is 5.10 Å². The molecule has 0 radical (unpaired) electrons. The summed E-state index contributed by atoms with van der Waals surface area (Å²) in [5, 5.41) is 4.48. The van der Waals surface area contributed by atoms with E-state index in [0.29, 0.717) is 11.6 Å². The van der Waals surface area contributed by atoms with Gasteiger partial charge in [0.05, 0.1) is 0 Å². The Morgan fingerprint density at radius 1 is 1.07 bits per heavy atom. The second-order valence-corrected chi connectivity index (χ2v) is 8.48. The summed E-state index contributed by atoms with van der Waals surface area (Å²) in [5.74, 6) is 0.717. The molecule has 1 aromatic carbocycles. The first-order valence-corrected chi connectivity index (χ1v) is 10.6. The Kier molecular flexibility index (Phi) is 4.33. The van der Waals surface area contributed by atoms with Gasteiger partial charge in [0.1, 0.15) is 12.2 Å². The molecule has 1 fully saturated rings. The van der Waals surface area contributed by atoms with Gasteiger partial charge >= 0.3 is 0 Å². The van der Waals surface area contributed by atoms with E-state index in [-0.39, 0.29) is 18.2 Å². The first-order chi connectivity index (χ1) is 13.6. The van der Waals surface area contributed by atoms with Crippen LogP contribution in [-0.2, 0) is 37.0 Å². The highest BCUT2D eigenvalue weighted by molar-refractivity contribution is 5.94. The fourth-order valence-electron chi connectivity index (χ4n) is 5.25. The lowest BCUT2D eigenvalue weighted by atomic mass is 9.78. The number of amides is 1. The van der Waals surface area contributed by atoms with E-state index in [4.69, 9.17) is 0 Å². The van der Waals surface area contributed by atoms with Crippen LogP contribution in [0, 0.1) is 0 Å². The Balaban J connectivity index is 1.25. The van der Waals surface area contributed by atoms with Crippen LogP contribution in [-0.4, -0.2) is 39.5 Å². The fraction of sp³-hybridized carbons (Fsp3) is 0.522. The number of piperidine rings is 1. The predicted octanol–water partition coefficient (Wildman–Crippen LogP) is 3.08. The quantitative estimate of drug-likeness (QED) is 0.770. The van der Waals surface area contributed by atoms with E-state index in [0.717, 1.165) is 56.5 Å². The number of carbonyl (C=O) groups is 2. The second-order valence-electron chi connectivity index (χ2n) is 8.48. The van der Waals surface area contributed by atoms with Crippen LogP contribution in [0.1, 0.15) is 70.5 Å². The zero-order valence-electron chi connectivity index (χ0n) is 16.5. The minimum Gasteiger partial charge on any atom is -0.341 e. The zero-order chi connectivity index (χ0) is 19.3. The van der Waals surface area contributed by atoms with Crippen molar-refractivity contribution in [1.29, 1.82) is 0 Å². The van der Waals surface area contributed by atoms with Gasteiger partial charge in [-0.05, 0) is 67.6 Å². The molecule has 1 aliphatic heterocycles. The van der Waals surface area contributed by atoms with Gasteiger partial charge in [0.15, 0.2) is 5.78 Å². The van der Waals surface area contributed by atoms with Gasteiger partial charge in [-0.3, -0.25) is 14.3 Å². The molecule has 0 saturated carbocycles. The van der Waals surface area contributed by atoms with E-state index in [1.807, 2.05) is 4.90 Å². The highest BCUT2D eigenvalue weighted by atomic mass is 16.2. The van der Waals surface area contributed by atoms with Gasteiger partial charge in [0.25, 0.3) is 0 Å². The minimum atomic E-state index is 0.00429. The lowest BCUT2D eigenvalue weighted by Crippen LogP contribution is -2.40. The molecule has 0 bridgehead atoms. The maximum Gasteiger partial charge on any atom is 0.244 e. The second kappa shape index (κ2) is 6.87. The van der Waals surface area contributed by atoms with Crippen LogP contribution in [0.2, 0.25) is 0 Å². The third-order valence-electron chi connectivity index (χ3n) is 6.87. The number of benzene rings is 1. The maximum atomic E-state index is 12.9. The molecule has 0 spiro atoms. The van der Waals surface area contributed by atoms with Crippen molar-refractivity contribution >= 4 is 11.7 Å². The SMILES string of the molecule is CC(=O)c1nn(CC(=O)N2CCC(c3cccc4c3CC4)CC2)c2c1CCC2. The van der Waals surface area contributed by atoms with Crippen molar-refractivity contribution in [1.82, 2.24) is 14.7 Å². The summed E-state index contributed by atoms with van der Waals surface area (Å²) in [5.41, 5.74) is 7.34. The van der Waals surface area contributed by atoms with E-state index in [9.17, 15) is 9.59 Å². The fourth-order valence-corrected chi connectivity index (χ4v) is 5.25. The summed E-state index contributed by atoms with van der Waals surface area (Å²) in [6.07, 6.45) is 7.39. The minimum absolute atomic E-state index is 0.00429. The first-order valence-electron chi connectivity index (χ1n) is 10.6. The highest BCUT2D eigenvalue weighted by Crippen LogP contribution is 2.36. The van der Waals surface area contributed by atoms with Gasteiger partial charge in [0, 0.05) is 31.3 Å². The normalized spacial score (nSPS) is 18.5. The van der Waals surface area contributed by atoms with Gasteiger partial charge in [-0.25, -0.2) is 0 Å². The van der Waals surface area contributed by atoms with Crippen molar-refractivity contribution in [3.8, 4) is 0 Å². The topological polar surface area (TPSA) is 55.2 Å². The summed E-state index contributed by atoms with van der Waals surface area (Å²) in [4.78, 5) is 26.8. The molecule has 5 nitrogen and oxygen atoms in total. The van der Waals surface area contributed by atoms with Crippen LogP contribution < -0.4 is 0 Å². The van der Waals surface area contributed by atoms with Crippen LogP contribution in [0.25, 0.3) is 0 Å². The molecule has 2 aromatic rings. The molecule has 0 unspecified atom stereocenters. The standard InChI is InChI=1S/C23H27N3O2/c1-15(27)23-20-6-3-7-21(20)26(24-23)14-22(28)25-12-10-17(11-13-25)18-5-2-4-16-8-9-19(16)18/h2,4-5,17H,3,6-14H2,1H3. The average Bonchev–Trinajstić information content (AvgIpc) is 3.26. The molecular formula is C23H27N3O2. The number of aryl methyl sites for hydroxylation is 1. The predicted molar refractivity (Wildman–Crippen MR) is 107 cm³/mol. The molecule has 5 rings (SSSR count). The van der Waals surface area contributed by atoms with E-state index >= 15 is 0 Å². The summed E-state index contributed by atoms with van der Waals surface area (Å²) in [7, 11) is 0. The van der Waals surface area contributed by atoms with Crippen molar-refractivity contribution in [3.63, 3.8) is 0 Å². The number of nitrogens with zero attached hydrogens (tertiary/aromatic N) is 3. The molecule has 1 amide bonds. The maximum absolute atomic E-state index is 12.9. The van der Waals surface area contributed by atoms with Crippen molar-refractivity contribution in [3.05, 3.63) is 51.8 Å². The Morgan fingerprint density at radius 2 is 1.89 bits per heavy atom. The summed E-state index contributed by atoms with van der Waals surface area (Å²) in [6, 6.07) is 6.73. The third-order valence-corrected chi connectivity index (χ3v) is 6.87. The van der Waals surface area contributed by atoms with E-state index in [1.165, 1.54) is 24.0 Å². The van der Waals surface area contributed by atoms with Crippen LogP contribution >= 0.6 is 0 Å². The Labute approximate surface area is 165 Å². The summed E-state index contributed by atoms with van der Waals surface area (Å²) >= 11 is 0. The summed E-state index contributed by atoms with van der Waals surface area (Å²) < 4.78 is 1.80. The van der Waals surface area contributed by atoms with Gasteiger partial charge in [-0.1, -0.05) is 18.2 Å². The van der Waals surface area contributed by atoms with E-state index in [1.54, 1.807) is 17.2 Å². The molecule has 5 heteroatoms. The smallest absolute Gasteiger partial charge is 0.244 e. The van der Waals surface area contributed by atoms with E-state index in [2.05, 4.69) is 23.3 Å². The molecule has 3 aliphatic rings. The largest absolute Gasteiger partial charge is 0.341 e. The van der Waals surface area contributed by atoms with Crippen LogP contribution in [0.15, 0.2) is 18.2 Å². The number of hydrogen-bond donors (Lipinski definition) is 0. The number of likely N-dealkylation sites (tertiary alicyclic amines) is 1. The molecule has 2 heterocycles. The Morgan fingerprint density at radius 3 is 2.61 bits per heavy atom. The first kappa shape index (κ1) is 17.7. The molecular weight excluding hydrogens is 350 g/mol. The van der Waals surface area contributed by atoms with Crippen LogP contribution in [0.5, 0.6) is 0 Å². The third kappa shape index (κ3) is 2.88. The Hall–Kier alpha value is -2.43. The molecule has 0 atom stereocenters. The van der Waals surface area contributed by atoms with E-state index < -0.39 is 0 Å². The number of ketones is 1. The lowest BCUT2D eigenvalue weighted by molar-refractivity contribution is -0.133. The van der Waals surface area contributed by atoms with Gasteiger partial charge in [0.2, 0.25) is 5.91 Å². The van der Waals surface area contributed by atoms with Crippen LogP contribution in [0.4, 0.5) is 0 Å². The van der Waals surface area contributed by atoms with Crippen molar-refractivity contribution < 1.29 is 9.59 Å². The number of fused-ring (bicyclic) bond motifs is 2. The van der Waals surface area contributed by atoms with Gasteiger partial charge < -0.3 is 4.90 Å². The average molecular weight is 377 g/mol. The van der Waals surface area contributed by atoms with Gasteiger partial charge in [-0.15, -0.1) is 0 Å². The molecule has 1 saturated heterocycles. The number of carbonyl (C=O) groups excluding carboxylic acids is 2. The number of Topliss-reactive ketones (excluding diaryl/α,β-unsaturated/α-hetero) is 1. The van der Waals surface area contributed by atoms with Crippen molar-refractivity contribution in [2.24, 2.45) is 0 Å². The Bertz CT molecular complexity index is 951. The van der Waals surface area contributed by atoms with Crippen molar-refractivity contribution in [2.45, 2.75) is 64.3 Å². The highest BCUT2D eigenvalue weighted by Gasteiger charge is 2.30. The lowest BCUT2D eigenvalue weighted by Gasteiger charge is -2.35. The number of rotatable bonds is 4.